The first-order valence-corrected chi connectivity index (χ1v) is 7.55. The monoisotopic (exact) mass is 303 g/mol. The van der Waals surface area contributed by atoms with Crippen molar-refractivity contribution in [1.82, 2.24) is 15.2 Å². The topological polar surface area (TPSA) is 62.7 Å². The van der Waals surface area contributed by atoms with Crippen molar-refractivity contribution in [2.45, 2.75) is 26.7 Å². The van der Waals surface area contributed by atoms with Gasteiger partial charge in [0.2, 0.25) is 5.95 Å². The van der Waals surface area contributed by atoms with Crippen LogP contribution in [0.25, 0.3) is 0 Å². The summed E-state index contributed by atoms with van der Waals surface area (Å²) in [5.41, 5.74) is 1.08. The Bertz CT molecular complexity index is 571. The van der Waals surface area contributed by atoms with Gasteiger partial charge in [0.1, 0.15) is 5.82 Å². The number of halogens is 1. The normalized spacial score (nSPS) is 10.7. The molecule has 2 rings (SSSR count). The summed E-state index contributed by atoms with van der Waals surface area (Å²) < 4.78 is 12.8. The van der Waals surface area contributed by atoms with Gasteiger partial charge in [0.05, 0.1) is 6.20 Å². The molecule has 0 radical (unpaired) electrons. The van der Waals surface area contributed by atoms with Crippen molar-refractivity contribution in [2.75, 3.05) is 23.7 Å². The number of benzene rings is 1. The fourth-order valence-corrected chi connectivity index (χ4v) is 1.92. The van der Waals surface area contributed by atoms with Crippen LogP contribution in [0.5, 0.6) is 0 Å². The Hall–Kier alpha value is -2.24. The van der Waals surface area contributed by atoms with E-state index in [0.717, 1.165) is 24.9 Å². The summed E-state index contributed by atoms with van der Waals surface area (Å²) in [4.78, 5) is 4.36. The summed E-state index contributed by atoms with van der Waals surface area (Å²) >= 11 is 0. The highest BCUT2D eigenvalue weighted by Crippen LogP contribution is 2.07. The van der Waals surface area contributed by atoms with E-state index < -0.39 is 0 Å². The first kappa shape index (κ1) is 16.1. The summed E-state index contributed by atoms with van der Waals surface area (Å²) in [5.74, 6) is 1.64. The Labute approximate surface area is 130 Å². The molecule has 2 N–H and O–H groups in total. The molecule has 1 heterocycles. The molecular weight excluding hydrogens is 281 g/mol. The van der Waals surface area contributed by atoms with Gasteiger partial charge in [-0.2, -0.15) is 10.1 Å². The Kier molecular flexibility index (Phi) is 6.06. The van der Waals surface area contributed by atoms with Crippen LogP contribution in [0.3, 0.4) is 0 Å². The number of nitrogens with zero attached hydrogens (tertiary/aromatic N) is 3. The Morgan fingerprint density at radius 2 is 1.86 bits per heavy atom. The zero-order chi connectivity index (χ0) is 15.8. The van der Waals surface area contributed by atoms with Gasteiger partial charge >= 0.3 is 0 Å². The molecule has 5 nitrogen and oxygen atoms in total. The van der Waals surface area contributed by atoms with Crippen LogP contribution in [0.15, 0.2) is 30.5 Å². The van der Waals surface area contributed by atoms with Crippen LogP contribution in [-0.2, 0) is 6.42 Å². The third kappa shape index (κ3) is 5.63. The van der Waals surface area contributed by atoms with E-state index in [2.05, 4.69) is 39.7 Å². The molecule has 0 aliphatic carbocycles. The van der Waals surface area contributed by atoms with Gasteiger partial charge in [-0.25, -0.2) is 4.39 Å². The molecule has 0 bridgehead atoms. The molecule has 0 aliphatic rings. The minimum Gasteiger partial charge on any atom is -0.368 e. The molecule has 118 valence electrons. The van der Waals surface area contributed by atoms with E-state index in [1.165, 1.54) is 12.1 Å². The van der Waals surface area contributed by atoms with Crippen LogP contribution in [0.4, 0.5) is 16.2 Å². The largest absolute Gasteiger partial charge is 0.368 e. The number of nitrogens with one attached hydrogen (secondary N) is 2. The molecule has 0 aliphatic heterocycles. The SMILES string of the molecule is CC(C)CCNc1nncc(NCCc2ccc(F)cc2)n1. The van der Waals surface area contributed by atoms with Gasteiger partial charge in [0, 0.05) is 13.1 Å². The van der Waals surface area contributed by atoms with E-state index >= 15 is 0 Å². The number of anilines is 2. The molecule has 0 amide bonds. The fraction of sp³-hybridized carbons (Fsp3) is 0.438. The second-order valence-corrected chi connectivity index (χ2v) is 5.58. The fourth-order valence-electron chi connectivity index (χ4n) is 1.92. The van der Waals surface area contributed by atoms with E-state index in [0.29, 0.717) is 24.2 Å². The molecule has 22 heavy (non-hydrogen) atoms. The van der Waals surface area contributed by atoms with Crippen LogP contribution < -0.4 is 10.6 Å². The zero-order valence-corrected chi connectivity index (χ0v) is 13.0. The van der Waals surface area contributed by atoms with Crippen LogP contribution in [0, 0.1) is 11.7 Å². The quantitative estimate of drug-likeness (QED) is 0.784. The lowest BCUT2D eigenvalue weighted by Gasteiger charge is -2.08. The van der Waals surface area contributed by atoms with Crippen LogP contribution in [0.1, 0.15) is 25.8 Å². The standard InChI is InChI=1S/C16H22FN5/c1-12(2)7-9-19-16-21-15(11-20-22-16)18-10-8-13-3-5-14(17)6-4-13/h3-6,11-12H,7-10H2,1-2H3,(H2,18,19,21,22). The molecule has 0 unspecified atom stereocenters. The molecule has 0 saturated heterocycles. The lowest BCUT2D eigenvalue weighted by molar-refractivity contribution is 0.605. The summed E-state index contributed by atoms with van der Waals surface area (Å²) in [7, 11) is 0. The van der Waals surface area contributed by atoms with Gasteiger partial charge in [-0.05, 0) is 36.5 Å². The second kappa shape index (κ2) is 8.26. The second-order valence-electron chi connectivity index (χ2n) is 5.58. The molecule has 0 fully saturated rings. The third-order valence-corrected chi connectivity index (χ3v) is 3.20. The summed E-state index contributed by atoms with van der Waals surface area (Å²) in [6.45, 7) is 5.89. The molecule has 2 aromatic rings. The Morgan fingerprint density at radius 3 is 2.59 bits per heavy atom. The number of aromatic nitrogens is 3. The minimum atomic E-state index is -0.214. The summed E-state index contributed by atoms with van der Waals surface area (Å²) in [5, 5.41) is 14.3. The molecular formula is C16H22FN5. The van der Waals surface area contributed by atoms with Gasteiger partial charge in [-0.1, -0.05) is 26.0 Å². The van der Waals surface area contributed by atoms with E-state index in [1.54, 1.807) is 18.3 Å². The van der Waals surface area contributed by atoms with Crippen molar-refractivity contribution < 1.29 is 4.39 Å². The minimum absolute atomic E-state index is 0.214. The lowest BCUT2D eigenvalue weighted by Crippen LogP contribution is -2.11. The number of hydrogen-bond acceptors (Lipinski definition) is 5. The highest BCUT2D eigenvalue weighted by Gasteiger charge is 2.01. The van der Waals surface area contributed by atoms with Crippen LogP contribution in [-0.4, -0.2) is 28.3 Å². The van der Waals surface area contributed by atoms with Gasteiger partial charge < -0.3 is 10.6 Å². The first-order chi connectivity index (χ1) is 10.6. The third-order valence-electron chi connectivity index (χ3n) is 3.20. The molecule has 1 aromatic carbocycles. The average Bonchev–Trinajstić information content (AvgIpc) is 2.49. The Balaban J connectivity index is 1.78. The highest BCUT2D eigenvalue weighted by molar-refractivity contribution is 5.37. The van der Waals surface area contributed by atoms with E-state index in [9.17, 15) is 4.39 Å². The number of hydrogen-bond donors (Lipinski definition) is 2. The zero-order valence-electron chi connectivity index (χ0n) is 13.0. The maximum atomic E-state index is 12.8. The van der Waals surface area contributed by atoms with E-state index in [1.807, 2.05) is 0 Å². The number of rotatable bonds is 8. The Morgan fingerprint density at radius 1 is 1.09 bits per heavy atom. The molecule has 0 spiro atoms. The van der Waals surface area contributed by atoms with Crippen molar-refractivity contribution in [1.29, 1.82) is 0 Å². The van der Waals surface area contributed by atoms with Crippen LogP contribution >= 0.6 is 0 Å². The predicted octanol–water partition coefficient (Wildman–Crippen LogP) is 3.12. The average molecular weight is 303 g/mol. The molecule has 0 atom stereocenters. The van der Waals surface area contributed by atoms with Crippen molar-refractivity contribution in [3.8, 4) is 0 Å². The first-order valence-electron chi connectivity index (χ1n) is 7.55. The maximum Gasteiger partial charge on any atom is 0.244 e. The van der Waals surface area contributed by atoms with Gasteiger partial charge in [-0.3, -0.25) is 0 Å². The smallest absolute Gasteiger partial charge is 0.244 e. The summed E-state index contributed by atoms with van der Waals surface area (Å²) in [6.07, 6.45) is 3.45. The van der Waals surface area contributed by atoms with Crippen molar-refractivity contribution in [3.63, 3.8) is 0 Å². The summed E-state index contributed by atoms with van der Waals surface area (Å²) in [6, 6.07) is 6.51. The predicted molar refractivity (Wildman–Crippen MR) is 86.4 cm³/mol. The van der Waals surface area contributed by atoms with Crippen LogP contribution in [0.2, 0.25) is 0 Å². The van der Waals surface area contributed by atoms with Gasteiger partial charge in [0.25, 0.3) is 0 Å². The van der Waals surface area contributed by atoms with Crippen molar-refractivity contribution in [2.24, 2.45) is 5.92 Å². The van der Waals surface area contributed by atoms with Gasteiger partial charge in [-0.15, -0.1) is 5.10 Å². The van der Waals surface area contributed by atoms with Crippen molar-refractivity contribution in [3.05, 3.63) is 41.8 Å². The molecule has 0 saturated carbocycles. The molecule has 6 heteroatoms. The van der Waals surface area contributed by atoms with E-state index in [-0.39, 0.29) is 5.82 Å². The molecule has 1 aromatic heterocycles. The van der Waals surface area contributed by atoms with E-state index in [4.69, 9.17) is 0 Å². The van der Waals surface area contributed by atoms with Gasteiger partial charge in [0.15, 0.2) is 5.82 Å². The van der Waals surface area contributed by atoms with Crippen molar-refractivity contribution >= 4 is 11.8 Å². The maximum absolute atomic E-state index is 12.8. The highest BCUT2D eigenvalue weighted by atomic mass is 19.1. The lowest BCUT2D eigenvalue weighted by atomic mass is 10.1.